The standard InChI is InChI=1S/C20H25N3O3S/c21-27(25,26)19-10-3-2-8-18(19)14-22-20(24)17-9-6-7-16(13-17)15-23-11-4-1-5-12-23/h2-3,6-10,13H,1,4-5,11-12,14-15H2,(H,22,24)(H2,21,25,26). The van der Waals surface area contributed by atoms with Gasteiger partial charge in [0.2, 0.25) is 10.0 Å². The summed E-state index contributed by atoms with van der Waals surface area (Å²) in [6.07, 6.45) is 3.74. The summed E-state index contributed by atoms with van der Waals surface area (Å²) in [4.78, 5) is 15.0. The van der Waals surface area contributed by atoms with E-state index >= 15 is 0 Å². The minimum atomic E-state index is -3.83. The molecule has 2 aromatic carbocycles. The average molecular weight is 388 g/mol. The largest absolute Gasteiger partial charge is 0.348 e. The van der Waals surface area contributed by atoms with Crippen LogP contribution in [-0.2, 0) is 23.1 Å². The Morgan fingerprint density at radius 1 is 1.04 bits per heavy atom. The van der Waals surface area contributed by atoms with Gasteiger partial charge in [-0.15, -0.1) is 0 Å². The zero-order chi connectivity index (χ0) is 19.3. The molecule has 27 heavy (non-hydrogen) atoms. The van der Waals surface area contributed by atoms with Gasteiger partial charge in [-0.2, -0.15) is 0 Å². The fraction of sp³-hybridized carbons (Fsp3) is 0.350. The number of nitrogens with two attached hydrogens (primary N) is 1. The van der Waals surface area contributed by atoms with E-state index in [1.807, 2.05) is 18.2 Å². The van der Waals surface area contributed by atoms with Crippen LogP contribution in [0, 0.1) is 0 Å². The molecule has 0 atom stereocenters. The van der Waals surface area contributed by atoms with Gasteiger partial charge in [-0.1, -0.05) is 36.8 Å². The second kappa shape index (κ2) is 8.65. The molecule has 0 unspecified atom stereocenters. The fourth-order valence-corrected chi connectivity index (χ4v) is 4.17. The van der Waals surface area contributed by atoms with Gasteiger partial charge in [0.15, 0.2) is 0 Å². The number of likely N-dealkylation sites (tertiary alicyclic amines) is 1. The summed E-state index contributed by atoms with van der Waals surface area (Å²) in [5, 5.41) is 8.02. The SMILES string of the molecule is NS(=O)(=O)c1ccccc1CNC(=O)c1cccc(CN2CCCCC2)c1. The van der Waals surface area contributed by atoms with Crippen LogP contribution in [-0.4, -0.2) is 32.3 Å². The van der Waals surface area contributed by atoms with Gasteiger partial charge in [-0.05, 0) is 55.3 Å². The molecule has 7 heteroatoms. The maximum absolute atomic E-state index is 12.5. The summed E-state index contributed by atoms with van der Waals surface area (Å²) in [7, 11) is -3.83. The van der Waals surface area contributed by atoms with Gasteiger partial charge in [0.25, 0.3) is 5.91 Å². The van der Waals surface area contributed by atoms with E-state index in [2.05, 4.69) is 10.2 Å². The average Bonchev–Trinajstić information content (AvgIpc) is 2.66. The fourth-order valence-electron chi connectivity index (χ4n) is 3.39. The summed E-state index contributed by atoms with van der Waals surface area (Å²) >= 11 is 0. The first-order valence-corrected chi connectivity index (χ1v) is 10.7. The van der Waals surface area contributed by atoms with Crippen LogP contribution >= 0.6 is 0 Å². The summed E-state index contributed by atoms with van der Waals surface area (Å²) in [6.45, 7) is 3.14. The summed E-state index contributed by atoms with van der Waals surface area (Å²) in [5.41, 5.74) is 2.14. The maximum Gasteiger partial charge on any atom is 0.251 e. The van der Waals surface area contributed by atoms with Crippen molar-refractivity contribution < 1.29 is 13.2 Å². The molecule has 0 saturated carbocycles. The molecule has 1 fully saturated rings. The normalized spacial score (nSPS) is 15.4. The van der Waals surface area contributed by atoms with Crippen LogP contribution in [0.2, 0.25) is 0 Å². The molecule has 144 valence electrons. The Bertz CT molecular complexity index is 906. The number of rotatable bonds is 6. The number of benzene rings is 2. The number of hydrogen-bond acceptors (Lipinski definition) is 4. The van der Waals surface area contributed by atoms with Crippen LogP contribution in [0.5, 0.6) is 0 Å². The number of hydrogen-bond donors (Lipinski definition) is 2. The minimum absolute atomic E-state index is 0.0316. The van der Waals surface area contributed by atoms with Crippen molar-refractivity contribution in [2.75, 3.05) is 13.1 Å². The maximum atomic E-state index is 12.5. The molecule has 0 aromatic heterocycles. The second-order valence-electron chi connectivity index (χ2n) is 6.87. The number of piperidine rings is 1. The molecule has 1 aliphatic heterocycles. The molecule has 0 spiro atoms. The molecule has 0 aliphatic carbocycles. The van der Waals surface area contributed by atoms with Crippen molar-refractivity contribution in [1.29, 1.82) is 0 Å². The van der Waals surface area contributed by atoms with E-state index in [9.17, 15) is 13.2 Å². The van der Waals surface area contributed by atoms with Crippen molar-refractivity contribution in [3.63, 3.8) is 0 Å². The van der Waals surface area contributed by atoms with Crippen LogP contribution in [0.4, 0.5) is 0 Å². The summed E-state index contributed by atoms with van der Waals surface area (Å²) in [6, 6.07) is 14.0. The third-order valence-electron chi connectivity index (χ3n) is 4.76. The molecule has 3 rings (SSSR count). The van der Waals surface area contributed by atoms with Crippen LogP contribution < -0.4 is 10.5 Å². The van der Waals surface area contributed by atoms with Crippen molar-refractivity contribution in [2.24, 2.45) is 5.14 Å². The lowest BCUT2D eigenvalue weighted by atomic mass is 10.1. The molecule has 0 bridgehead atoms. The first kappa shape index (κ1) is 19.5. The predicted molar refractivity (Wildman–Crippen MR) is 105 cm³/mol. The van der Waals surface area contributed by atoms with E-state index in [1.165, 1.54) is 25.3 Å². The first-order chi connectivity index (χ1) is 12.9. The molecule has 1 amide bonds. The van der Waals surface area contributed by atoms with Crippen molar-refractivity contribution in [2.45, 2.75) is 37.2 Å². The van der Waals surface area contributed by atoms with Crippen molar-refractivity contribution in [3.05, 3.63) is 65.2 Å². The van der Waals surface area contributed by atoms with Crippen molar-refractivity contribution >= 4 is 15.9 Å². The Balaban J connectivity index is 1.66. The van der Waals surface area contributed by atoms with Gasteiger partial charge in [-0.25, -0.2) is 13.6 Å². The summed E-state index contributed by atoms with van der Waals surface area (Å²) in [5.74, 6) is -0.236. The van der Waals surface area contributed by atoms with Gasteiger partial charge in [-0.3, -0.25) is 9.69 Å². The highest BCUT2D eigenvalue weighted by atomic mass is 32.2. The topological polar surface area (TPSA) is 92.5 Å². The first-order valence-electron chi connectivity index (χ1n) is 9.14. The van der Waals surface area contributed by atoms with Gasteiger partial charge >= 0.3 is 0 Å². The monoisotopic (exact) mass is 387 g/mol. The second-order valence-corrected chi connectivity index (χ2v) is 8.40. The van der Waals surface area contributed by atoms with E-state index < -0.39 is 10.0 Å². The Hall–Kier alpha value is -2.22. The molecule has 1 aliphatic rings. The molecule has 0 radical (unpaired) electrons. The highest BCUT2D eigenvalue weighted by Gasteiger charge is 2.15. The van der Waals surface area contributed by atoms with Gasteiger partial charge in [0.05, 0.1) is 4.90 Å². The highest BCUT2D eigenvalue weighted by molar-refractivity contribution is 7.89. The number of nitrogens with zero attached hydrogens (tertiary/aromatic N) is 1. The lowest BCUT2D eigenvalue weighted by Crippen LogP contribution is -2.29. The van der Waals surface area contributed by atoms with Crippen molar-refractivity contribution in [3.8, 4) is 0 Å². The number of carbonyl (C=O) groups is 1. The van der Waals surface area contributed by atoms with E-state index in [0.717, 1.165) is 25.2 Å². The lowest BCUT2D eigenvalue weighted by molar-refractivity contribution is 0.0950. The van der Waals surface area contributed by atoms with Crippen LogP contribution in [0.3, 0.4) is 0 Å². The quantitative estimate of drug-likeness (QED) is 0.795. The van der Waals surface area contributed by atoms with Crippen molar-refractivity contribution in [1.82, 2.24) is 10.2 Å². The molecule has 1 heterocycles. The number of nitrogens with one attached hydrogen (secondary N) is 1. The highest BCUT2D eigenvalue weighted by Crippen LogP contribution is 2.15. The van der Waals surface area contributed by atoms with Crippen LogP contribution in [0.1, 0.15) is 40.7 Å². The third-order valence-corrected chi connectivity index (χ3v) is 5.77. The Labute approximate surface area is 160 Å². The Morgan fingerprint density at radius 3 is 2.52 bits per heavy atom. The molecule has 2 aromatic rings. The molecular weight excluding hydrogens is 362 g/mol. The molecule has 6 nitrogen and oxygen atoms in total. The lowest BCUT2D eigenvalue weighted by Gasteiger charge is -2.26. The number of amides is 1. The third kappa shape index (κ3) is 5.38. The summed E-state index contributed by atoms with van der Waals surface area (Å²) < 4.78 is 23.3. The van der Waals surface area contributed by atoms with Gasteiger partial charge in [0.1, 0.15) is 0 Å². The van der Waals surface area contributed by atoms with E-state index in [0.29, 0.717) is 11.1 Å². The van der Waals surface area contributed by atoms with E-state index in [4.69, 9.17) is 5.14 Å². The number of primary sulfonamides is 1. The zero-order valence-electron chi connectivity index (χ0n) is 15.2. The van der Waals surface area contributed by atoms with Crippen LogP contribution in [0.15, 0.2) is 53.4 Å². The van der Waals surface area contributed by atoms with Crippen LogP contribution in [0.25, 0.3) is 0 Å². The van der Waals surface area contributed by atoms with Gasteiger partial charge < -0.3 is 5.32 Å². The minimum Gasteiger partial charge on any atom is -0.348 e. The number of sulfonamides is 1. The smallest absolute Gasteiger partial charge is 0.251 e. The predicted octanol–water partition coefficient (Wildman–Crippen LogP) is 2.25. The molecule has 1 saturated heterocycles. The van der Waals surface area contributed by atoms with E-state index in [-0.39, 0.29) is 17.3 Å². The molecular formula is C20H25N3O3S. The van der Waals surface area contributed by atoms with Gasteiger partial charge in [0, 0.05) is 18.7 Å². The van der Waals surface area contributed by atoms with E-state index in [1.54, 1.807) is 24.3 Å². The molecule has 3 N–H and O–H groups in total. The Kier molecular flexibility index (Phi) is 6.26. The Morgan fingerprint density at radius 2 is 1.78 bits per heavy atom. The zero-order valence-corrected chi connectivity index (χ0v) is 16.0. The number of carbonyl (C=O) groups excluding carboxylic acids is 1.